The fraction of sp³-hybridized carbons (Fsp3) is 0.296. The van der Waals surface area contributed by atoms with E-state index < -0.39 is 0 Å². The molecule has 0 fully saturated rings. The van der Waals surface area contributed by atoms with Crippen LogP contribution in [0.5, 0.6) is 0 Å². The van der Waals surface area contributed by atoms with E-state index in [4.69, 9.17) is 4.98 Å². The van der Waals surface area contributed by atoms with Gasteiger partial charge in [-0.2, -0.15) is 0 Å². The molecule has 2 aromatic carbocycles. The second-order valence-electron chi connectivity index (χ2n) is 8.67. The molecule has 0 aliphatic heterocycles. The third-order valence-electron chi connectivity index (χ3n) is 6.23. The van der Waals surface area contributed by atoms with Crippen molar-refractivity contribution in [1.82, 2.24) is 14.9 Å². The lowest BCUT2D eigenvalue weighted by molar-refractivity contribution is -0.121. The quantitative estimate of drug-likeness (QED) is 0.458. The van der Waals surface area contributed by atoms with Crippen molar-refractivity contribution in [1.29, 1.82) is 0 Å². The SMILES string of the molecule is Cc1cccc(-c2nc3sc4c(c3c(=O)n2CC(=O)NCCc2ccccc2)CCCC4)c1. The smallest absolute Gasteiger partial charge is 0.263 e. The Kier molecular flexibility index (Phi) is 6.09. The molecule has 1 amide bonds. The minimum absolute atomic E-state index is 0.0372. The highest BCUT2D eigenvalue weighted by Crippen LogP contribution is 2.34. The zero-order valence-corrected chi connectivity index (χ0v) is 19.6. The van der Waals surface area contributed by atoms with Gasteiger partial charge in [-0.25, -0.2) is 4.98 Å². The number of thiophene rings is 1. The highest BCUT2D eigenvalue weighted by Gasteiger charge is 2.23. The van der Waals surface area contributed by atoms with E-state index in [0.29, 0.717) is 17.8 Å². The first kappa shape index (κ1) is 21.6. The molecule has 5 nitrogen and oxygen atoms in total. The maximum Gasteiger partial charge on any atom is 0.263 e. The molecule has 0 spiro atoms. The number of aromatic nitrogens is 2. The maximum atomic E-state index is 13.7. The van der Waals surface area contributed by atoms with Crippen LogP contribution in [0.4, 0.5) is 0 Å². The second-order valence-corrected chi connectivity index (χ2v) is 9.76. The molecule has 2 aromatic heterocycles. The summed E-state index contributed by atoms with van der Waals surface area (Å²) in [6.07, 6.45) is 4.93. The van der Waals surface area contributed by atoms with Crippen molar-refractivity contribution in [3.8, 4) is 11.4 Å². The Labute approximate surface area is 197 Å². The van der Waals surface area contributed by atoms with Crippen LogP contribution in [0.2, 0.25) is 0 Å². The highest BCUT2D eigenvalue weighted by atomic mass is 32.1. The van der Waals surface area contributed by atoms with Crippen LogP contribution in [0.15, 0.2) is 59.4 Å². The van der Waals surface area contributed by atoms with Crippen LogP contribution in [0.3, 0.4) is 0 Å². The van der Waals surface area contributed by atoms with Crippen LogP contribution in [0, 0.1) is 6.92 Å². The number of nitrogens with zero attached hydrogens (tertiary/aromatic N) is 2. The van der Waals surface area contributed by atoms with Gasteiger partial charge in [-0.1, -0.05) is 54.1 Å². The van der Waals surface area contributed by atoms with Gasteiger partial charge in [-0.05, 0) is 56.2 Å². The molecule has 0 unspecified atom stereocenters. The Bertz CT molecular complexity index is 1370. The molecule has 4 aromatic rings. The Morgan fingerprint density at radius 3 is 2.73 bits per heavy atom. The molecule has 1 N–H and O–H groups in total. The number of rotatable bonds is 6. The molecule has 0 atom stereocenters. The molecule has 6 heteroatoms. The lowest BCUT2D eigenvalue weighted by Crippen LogP contribution is -2.34. The predicted molar refractivity (Wildman–Crippen MR) is 134 cm³/mol. The Morgan fingerprint density at radius 1 is 1.09 bits per heavy atom. The van der Waals surface area contributed by atoms with Crippen molar-refractivity contribution in [2.45, 2.75) is 45.6 Å². The minimum Gasteiger partial charge on any atom is -0.354 e. The summed E-state index contributed by atoms with van der Waals surface area (Å²) >= 11 is 1.64. The van der Waals surface area contributed by atoms with Crippen LogP contribution in [-0.4, -0.2) is 22.0 Å². The molecule has 33 heavy (non-hydrogen) atoms. The first-order chi connectivity index (χ1) is 16.1. The molecule has 0 saturated carbocycles. The van der Waals surface area contributed by atoms with Gasteiger partial charge in [0.05, 0.1) is 5.39 Å². The normalized spacial score (nSPS) is 13.1. The minimum atomic E-state index is -0.174. The van der Waals surface area contributed by atoms with Crippen LogP contribution < -0.4 is 10.9 Å². The van der Waals surface area contributed by atoms with Gasteiger partial charge in [0.15, 0.2) is 0 Å². The van der Waals surface area contributed by atoms with Crippen molar-refractivity contribution in [2.75, 3.05) is 6.54 Å². The summed E-state index contributed by atoms with van der Waals surface area (Å²) < 4.78 is 1.57. The number of hydrogen-bond acceptors (Lipinski definition) is 4. The number of carbonyl (C=O) groups is 1. The van der Waals surface area contributed by atoms with Gasteiger partial charge >= 0.3 is 0 Å². The number of aryl methyl sites for hydroxylation is 3. The summed E-state index contributed by atoms with van der Waals surface area (Å²) in [7, 11) is 0. The average Bonchev–Trinajstić information content (AvgIpc) is 3.20. The van der Waals surface area contributed by atoms with E-state index in [1.807, 2.05) is 61.5 Å². The first-order valence-electron chi connectivity index (χ1n) is 11.5. The monoisotopic (exact) mass is 457 g/mol. The number of hydrogen-bond donors (Lipinski definition) is 1. The van der Waals surface area contributed by atoms with Crippen molar-refractivity contribution < 1.29 is 4.79 Å². The van der Waals surface area contributed by atoms with Crippen molar-refractivity contribution >= 4 is 27.5 Å². The fourth-order valence-electron chi connectivity index (χ4n) is 4.58. The van der Waals surface area contributed by atoms with E-state index in [0.717, 1.165) is 53.6 Å². The third kappa shape index (κ3) is 4.48. The number of carbonyl (C=O) groups excluding carboxylic acids is 1. The van der Waals surface area contributed by atoms with Gasteiger partial charge < -0.3 is 5.32 Å². The summed E-state index contributed by atoms with van der Waals surface area (Å²) in [6, 6.07) is 18.0. The largest absolute Gasteiger partial charge is 0.354 e. The molecule has 2 heterocycles. The van der Waals surface area contributed by atoms with E-state index in [-0.39, 0.29) is 18.0 Å². The third-order valence-corrected chi connectivity index (χ3v) is 7.42. The van der Waals surface area contributed by atoms with Gasteiger partial charge in [0.25, 0.3) is 5.56 Å². The number of amides is 1. The van der Waals surface area contributed by atoms with Crippen LogP contribution in [-0.2, 0) is 30.6 Å². The number of fused-ring (bicyclic) bond motifs is 3. The van der Waals surface area contributed by atoms with Crippen molar-refractivity contribution in [3.05, 3.63) is 86.5 Å². The van der Waals surface area contributed by atoms with Gasteiger partial charge in [-0.3, -0.25) is 14.2 Å². The van der Waals surface area contributed by atoms with Gasteiger partial charge in [0, 0.05) is 17.0 Å². The van der Waals surface area contributed by atoms with E-state index >= 15 is 0 Å². The second kappa shape index (κ2) is 9.32. The number of nitrogens with one attached hydrogen (secondary N) is 1. The number of benzene rings is 2. The molecule has 5 rings (SSSR count). The molecular weight excluding hydrogens is 430 g/mol. The summed E-state index contributed by atoms with van der Waals surface area (Å²) in [5, 5.41) is 3.69. The van der Waals surface area contributed by atoms with E-state index in [1.165, 1.54) is 10.4 Å². The van der Waals surface area contributed by atoms with Crippen LogP contribution in [0.1, 0.15) is 34.4 Å². The molecule has 0 radical (unpaired) electrons. The molecule has 0 saturated heterocycles. The topological polar surface area (TPSA) is 64.0 Å². The van der Waals surface area contributed by atoms with Gasteiger partial charge in [-0.15, -0.1) is 11.3 Å². The van der Waals surface area contributed by atoms with E-state index in [2.05, 4.69) is 5.32 Å². The summed E-state index contributed by atoms with van der Waals surface area (Å²) in [6.45, 7) is 2.51. The zero-order valence-electron chi connectivity index (χ0n) is 18.8. The van der Waals surface area contributed by atoms with Crippen molar-refractivity contribution in [2.24, 2.45) is 0 Å². The predicted octanol–water partition coefficient (Wildman–Crippen LogP) is 4.67. The molecule has 1 aliphatic rings. The summed E-state index contributed by atoms with van der Waals surface area (Å²) in [4.78, 5) is 33.6. The van der Waals surface area contributed by atoms with Gasteiger partial charge in [0.2, 0.25) is 5.91 Å². The Morgan fingerprint density at radius 2 is 1.91 bits per heavy atom. The summed E-state index contributed by atoms with van der Waals surface area (Å²) in [5.41, 5.74) is 4.16. The maximum absolute atomic E-state index is 13.7. The summed E-state index contributed by atoms with van der Waals surface area (Å²) in [5.74, 6) is 0.389. The lowest BCUT2D eigenvalue weighted by atomic mass is 9.97. The first-order valence-corrected chi connectivity index (χ1v) is 12.3. The van der Waals surface area contributed by atoms with Crippen LogP contribution in [0.25, 0.3) is 21.6 Å². The average molecular weight is 458 g/mol. The Hall–Kier alpha value is -3.25. The van der Waals surface area contributed by atoms with Crippen LogP contribution >= 0.6 is 11.3 Å². The Balaban J connectivity index is 1.50. The molecule has 168 valence electrons. The molecule has 0 bridgehead atoms. The standard InChI is InChI=1S/C27H27N3O2S/c1-18-8-7-11-20(16-18)25-29-26-24(21-12-5-6-13-22(21)33-26)27(32)30(25)17-23(31)28-15-14-19-9-3-2-4-10-19/h2-4,7-11,16H,5-6,12-15,17H2,1H3,(H,28,31). The molecule has 1 aliphatic carbocycles. The zero-order chi connectivity index (χ0) is 22.8. The van der Waals surface area contributed by atoms with E-state index in [9.17, 15) is 9.59 Å². The lowest BCUT2D eigenvalue weighted by Gasteiger charge is -2.14. The van der Waals surface area contributed by atoms with Crippen molar-refractivity contribution in [3.63, 3.8) is 0 Å². The molecular formula is C27H27N3O2S. The highest BCUT2D eigenvalue weighted by molar-refractivity contribution is 7.18. The van der Waals surface area contributed by atoms with Gasteiger partial charge in [0.1, 0.15) is 17.2 Å². The van der Waals surface area contributed by atoms with E-state index in [1.54, 1.807) is 15.9 Å². The fourth-order valence-corrected chi connectivity index (χ4v) is 5.83.